The van der Waals surface area contributed by atoms with Crippen molar-refractivity contribution in [2.75, 3.05) is 12.3 Å². The van der Waals surface area contributed by atoms with Gasteiger partial charge in [-0.1, -0.05) is 14.8 Å². The van der Waals surface area contributed by atoms with Crippen molar-refractivity contribution in [2.45, 2.75) is 13.8 Å². The van der Waals surface area contributed by atoms with E-state index in [0.29, 0.717) is 0 Å². The lowest BCUT2D eigenvalue weighted by Gasteiger charge is -2.01. The topological polar surface area (TPSA) is 0 Å². The molecule has 44 valence electrons. The van der Waals surface area contributed by atoms with E-state index in [2.05, 4.69) is 25.4 Å². The quantitative estimate of drug-likeness (QED) is 0.374. The van der Waals surface area contributed by atoms with Crippen LogP contribution in [0.3, 0.4) is 0 Å². The highest BCUT2D eigenvalue weighted by Gasteiger charge is 2.05. The Hall–Kier alpha value is -0.0500. The van der Waals surface area contributed by atoms with Crippen LogP contribution in [-0.4, -0.2) is 12.3 Å². The molecule has 0 bridgehead atoms. The van der Waals surface area contributed by atoms with Gasteiger partial charge in [-0.25, -0.2) is 0 Å². The third-order valence-electron chi connectivity index (χ3n) is 1.34. The van der Waals surface area contributed by atoms with Crippen molar-refractivity contribution in [1.82, 2.24) is 0 Å². The van der Waals surface area contributed by atoms with E-state index < -0.39 is 0 Å². The Labute approximate surface area is 52.0 Å². The molecule has 0 aromatic carbocycles. The molecule has 1 aliphatic rings. The highest BCUT2D eigenvalue weighted by atomic mass is 31.1. The predicted octanol–water partition coefficient (Wildman–Crippen LogP) is 2.56. The van der Waals surface area contributed by atoms with Gasteiger partial charge in [-0.3, -0.25) is 0 Å². The fourth-order valence-electron chi connectivity index (χ4n) is 0.800. The molecule has 8 heavy (non-hydrogen) atoms. The van der Waals surface area contributed by atoms with E-state index in [9.17, 15) is 0 Å². The predicted molar refractivity (Wildman–Crippen MR) is 39.6 cm³/mol. The van der Waals surface area contributed by atoms with E-state index in [4.69, 9.17) is 0 Å². The van der Waals surface area contributed by atoms with Gasteiger partial charge in [-0.2, -0.15) is 0 Å². The number of allylic oxidation sites excluding steroid dienone is 1. The summed E-state index contributed by atoms with van der Waals surface area (Å²) in [5.41, 5.74) is 4.68. The Morgan fingerprint density at radius 2 is 2.62 bits per heavy atom. The molecule has 0 radical (unpaired) electrons. The fourth-order valence-corrected chi connectivity index (χ4v) is 2.40. The Morgan fingerprint density at radius 3 is 2.88 bits per heavy atom. The van der Waals surface area contributed by atoms with Crippen molar-refractivity contribution in [3.63, 3.8) is 0 Å². The van der Waals surface area contributed by atoms with Crippen LogP contribution < -0.4 is 0 Å². The van der Waals surface area contributed by atoms with E-state index in [1.807, 2.05) is 0 Å². The molecule has 0 N–H and O–H groups in total. The summed E-state index contributed by atoms with van der Waals surface area (Å²) in [7, 11) is 0.245. The van der Waals surface area contributed by atoms with Gasteiger partial charge in [0.25, 0.3) is 0 Å². The number of hydrogen-bond donors (Lipinski definition) is 0. The highest BCUT2D eigenvalue weighted by Crippen LogP contribution is 2.41. The Balaban J connectivity index is 2.46. The average molecular weight is 126 g/mol. The maximum Gasteiger partial charge on any atom is -0.0000584 e. The molecule has 0 saturated carbocycles. The van der Waals surface area contributed by atoms with Crippen LogP contribution in [0.5, 0.6) is 0 Å². The van der Waals surface area contributed by atoms with Crippen molar-refractivity contribution in [2.24, 2.45) is 0 Å². The first-order chi connectivity index (χ1) is 3.83. The lowest BCUT2D eigenvalue weighted by molar-refractivity contribution is 1.40. The molecule has 1 heteroatoms. The standard InChI is InChI=1S/C7H11P/c1-3-8-5-4-7(2)6-8/h5H,3,6H2,1-2H3. The average Bonchev–Trinajstić information content (AvgIpc) is 2.14. The lowest BCUT2D eigenvalue weighted by atomic mass is 10.4. The summed E-state index contributed by atoms with van der Waals surface area (Å²) in [5.74, 6) is 2.25. The minimum absolute atomic E-state index is 0.245. The summed E-state index contributed by atoms with van der Waals surface area (Å²) in [5, 5.41) is 0. The smallest absolute Gasteiger partial charge is 0.0000584 e. The van der Waals surface area contributed by atoms with Crippen molar-refractivity contribution in [3.05, 3.63) is 17.1 Å². The minimum Gasteiger partial charge on any atom is -0.121 e. The third kappa shape index (κ3) is 1.22. The van der Waals surface area contributed by atoms with Crippen LogP contribution in [0.15, 0.2) is 17.1 Å². The Bertz CT molecular complexity index is 140. The van der Waals surface area contributed by atoms with Crippen LogP contribution in [0.1, 0.15) is 13.8 Å². The molecule has 0 nitrogen and oxygen atoms in total. The van der Waals surface area contributed by atoms with Crippen LogP contribution in [0, 0.1) is 0 Å². The molecular weight excluding hydrogens is 115 g/mol. The van der Waals surface area contributed by atoms with Crippen LogP contribution in [-0.2, 0) is 0 Å². The molecule has 1 unspecified atom stereocenters. The minimum atomic E-state index is 0.245. The van der Waals surface area contributed by atoms with E-state index in [-0.39, 0.29) is 7.92 Å². The second-order valence-electron chi connectivity index (χ2n) is 2.12. The van der Waals surface area contributed by atoms with Gasteiger partial charge in [0.2, 0.25) is 0 Å². The lowest BCUT2D eigenvalue weighted by Crippen LogP contribution is -1.78. The SMILES string of the molecule is CCP1C=C=C(C)C1. The first-order valence-corrected chi connectivity index (χ1v) is 4.77. The zero-order valence-electron chi connectivity index (χ0n) is 5.44. The van der Waals surface area contributed by atoms with Crippen molar-refractivity contribution in [1.29, 1.82) is 0 Å². The monoisotopic (exact) mass is 126 g/mol. The molecule has 0 aromatic rings. The fraction of sp³-hybridized carbons (Fsp3) is 0.571. The molecule has 0 amide bonds. The molecule has 1 heterocycles. The molecule has 1 aliphatic heterocycles. The van der Waals surface area contributed by atoms with Crippen molar-refractivity contribution < 1.29 is 0 Å². The van der Waals surface area contributed by atoms with Gasteiger partial charge in [0, 0.05) is 0 Å². The molecular formula is C7H11P. The molecule has 0 fully saturated rings. The van der Waals surface area contributed by atoms with E-state index in [1.54, 1.807) is 0 Å². The van der Waals surface area contributed by atoms with Crippen LogP contribution in [0.2, 0.25) is 0 Å². The molecule has 0 aliphatic carbocycles. The van der Waals surface area contributed by atoms with Crippen LogP contribution in [0.4, 0.5) is 0 Å². The third-order valence-corrected chi connectivity index (χ3v) is 3.53. The van der Waals surface area contributed by atoms with Gasteiger partial charge < -0.3 is 0 Å². The normalized spacial score (nSPS) is 26.2. The molecule has 0 aromatic heterocycles. The van der Waals surface area contributed by atoms with Crippen molar-refractivity contribution >= 4 is 7.92 Å². The van der Waals surface area contributed by atoms with Crippen molar-refractivity contribution in [3.8, 4) is 0 Å². The maximum absolute atomic E-state index is 3.24. The van der Waals surface area contributed by atoms with E-state index >= 15 is 0 Å². The van der Waals surface area contributed by atoms with E-state index in [0.717, 1.165) is 0 Å². The van der Waals surface area contributed by atoms with Gasteiger partial charge in [-0.15, -0.1) is 5.73 Å². The zero-order chi connectivity index (χ0) is 5.98. The van der Waals surface area contributed by atoms with Gasteiger partial charge in [0.15, 0.2) is 0 Å². The van der Waals surface area contributed by atoms with Crippen LogP contribution >= 0.6 is 7.92 Å². The Morgan fingerprint density at radius 1 is 1.88 bits per heavy atom. The van der Waals surface area contributed by atoms with Gasteiger partial charge >= 0.3 is 0 Å². The van der Waals surface area contributed by atoms with Gasteiger partial charge in [0.05, 0.1) is 0 Å². The summed E-state index contributed by atoms with van der Waals surface area (Å²) in [4.78, 5) is 0. The summed E-state index contributed by atoms with van der Waals surface area (Å²) < 4.78 is 0. The zero-order valence-corrected chi connectivity index (χ0v) is 6.33. The molecule has 0 saturated heterocycles. The molecule has 1 atom stereocenters. The molecule has 0 spiro atoms. The van der Waals surface area contributed by atoms with Gasteiger partial charge in [-0.05, 0) is 30.6 Å². The maximum atomic E-state index is 3.24. The Kier molecular flexibility index (Phi) is 1.89. The summed E-state index contributed by atoms with van der Waals surface area (Å²) in [6.45, 7) is 4.41. The summed E-state index contributed by atoms with van der Waals surface area (Å²) in [6, 6.07) is 0. The first-order valence-electron chi connectivity index (χ1n) is 2.99. The summed E-state index contributed by atoms with van der Waals surface area (Å²) in [6.07, 6.45) is 2.64. The largest absolute Gasteiger partial charge is 0.121 e. The van der Waals surface area contributed by atoms with E-state index in [1.165, 1.54) is 17.9 Å². The summed E-state index contributed by atoms with van der Waals surface area (Å²) >= 11 is 0. The number of hydrogen-bond acceptors (Lipinski definition) is 0. The second-order valence-corrected chi connectivity index (χ2v) is 4.50. The van der Waals surface area contributed by atoms with Gasteiger partial charge in [0.1, 0.15) is 0 Å². The molecule has 1 rings (SSSR count). The highest BCUT2D eigenvalue weighted by molar-refractivity contribution is 7.61. The second kappa shape index (κ2) is 2.49. The first kappa shape index (κ1) is 6.08. The number of rotatable bonds is 1. The van der Waals surface area contributed by atoms with Crippen LogP contribution in [0.25, 0.3) is 0 Å².